The number of fused-ring (bicyclic) bond motifs is 11. The van der Waals surface area contributed by atoms with E-state index in [1.54, 1.807) is 0 Å². The van der Waals surface area contributed by atoms with E-state index in [9.17, 15) is 0 Å². The van der Waals surface area contributed by atoms with Gasteiger partial charge < -0.3 is 18.9 Å². The third-order valence-electron chi connectivity index (χ3n) is 10.0. The highest BCUT2D eigenvalue weighted by molar-refractivity contribution is 6.13. The molecule has 53 heavy (non-hydrogen) atoms. The van der Waals surface area contributed by atoms with Crippen molar-refractivity contribution in [3.05, 3.63) is 201 Å². The summed E-state index contributed by atoms with van der Waals surface area (Å²) in [4.78, 5) is 5.51. The van der Waals surface area contributed by atoms with Gasteiger partial charge in [-0.05, 0) is 85.3 Å². The zero-order chi connectivity index (χ0) is 35.9. The molecule has 4 heterocycles. The van der Waals surface area contributed by atoms with Gasteiger partial charge in [0, 0.05) is 66.5 Å². The van der Waals surface area contributed by atoms with Crippen LogP contribution in [0.15, 0.2) is 199 Å². The summed E-state index contributed by atoms with van der Waals surface area (Å²) in [7, 11) is 0. The van der Waals surface area contributed by atoms with Gasteiger partial charge in [-0.25, -0.2) is 0 Å². The van der Waals surface area contributed by atoms with Crippen LogP contribution < -0.4 is 4.90 Å². The molecule has 0 amide bonds. The van der Waals surface area contributed by atoms with Crippen molar-refractivity contribution in [1.82, 2.24) is 9.55 Å². The fourth-order valence-electron chi connectivity index (χ4n) is 7.61. The molecule has 0 fully saturated rings. The summed E-state index contributed by atoms with van der Waals surface area (Å²) in [6, 6.07) is 44.7. The predicted octanol–water partition coefficient (Wildman–Crippen LogP) is 13.6. The van der Waals surface area contributed by atoms with Crippen LogP contribution in [0.2, 0.25) is 0 Å². The monoisotopic (exact) mass is 683 g/mol. The second kappa shape index (κ2) is 13.3. The van der Waals surface area contributed by atoms with Crippen LogP contribution in [0.4, 0.5) is 5.69 Å². The number of aromatic amines is 1. The number of H-pyrrole nitrogens is 1. The average molecular weight is 684 g/mol. The average Bonchev–Trinajstić information content (AvgIpc) is 3.87. The minimum atomic E-state index is 0.830. The Bertz CT molecular complexity index is 2910. The number of nitrogens with zero attached hydrogens (tertiary/aromatic N) is 2. The number of furan rings is 1. The van der Waals surface area contributed by atoms with Crippen molar-refractivity contribution in [3.63, 3.8) is 0 Å². The normalized spacial score (nSPS) is 14.5. The second-order valence-electron chi connectivity index (χ2n) is 13.1. The first-order valence-corrected chi connectivity index (χ1v) is 17.9. The van der Waals surface area contributed by atoms with E-state index in [1.165, 1.54) is 43.6 Å². The van der Waals surface area contributed by atoms with Gasteiger partial charge >= 0.3 is 0 Å². The van der Waals surface area contributed by atoms with Gasteiger partial charge in [0.15, 0.2) is 0 Å². The molecule has 0 atom stereocenters. The van der Waals surface area contributed by atoms with E-state index in [4.69, 9.17) is 4.42 Å². The highest BCUT2D eigenvalue weighted by Crippen LogP contribution is 2.42. The molecule has 6 aromatic carbocycles. The number of hydrogen-bond donors (Lipinski definition) is 1. The van der Waals surface area contributed by atoms with Gasteiger partial charge in [-0.15, -0.1) is 0 Å². The molecule has 0 radical (unpaired) electrons. The molecule has 0 saturated heterocycles. The van der Waals surface area contributed by atoms with Gasteiger partial charge in [0.05, 0.1) is 16.7 Å². The molecule has 9 aromatic rings. The molecule has 254 valence electrons. The van der Waals surface area contributed by atoms with Crippen LogP contribution in [0, 0.1) is 0 Å². The van der Waals surface area contributed by atoms with Crippen LogP contribution in [-0.2, 0) is 0 Å². The number of para-hydroxylation sites is 4. The van der Waals surface area contributed by atoms with E-state index in [2.05, 4.69) is 161 Å². The van der Waals surface area contributed by atoms with Crippen molar-refractivity contribution in [2.75, 3.05) is 4.90 Å². The Hall–Kier alpha value is -7.04. The minimum absolute atomic E-state index is 0.830. The Kier molecular flexibility index (Phi) is 7.98. The van der Waals surface area contributed by atoms with E-state index in [1.807, 2.05) is 49.6 Å². The lowest BCUT2D eigenvalue weighted by atomic mass is 9.98. The van der Waals surface area contributed by atoms with Crippen molar-refractivity contribution in [2.45, 2.75) is 6.92 Å². The first-order valence-electron chi connectivity index (χ1n) is 17.9. The quantitative estimate of drug-likeness (QED) is 0.188. The molecule has 1 aliphatic heterocycles. The molecule has 4 nitrogen and oxygen atoms in total. The number of benzene rings is 6. The molecule has 0 aliphatic carbocycles. The maximum absolute atomic E-state index is 6.59. The van der Waals surface area contributed by atoms with E-state index < -0.39 is 0 Å². The van der Waals surface area contributed by atoms with Crippen molar-refractivity contribution in [2.24, 2.45) is 0 Å². The number of aromatic nitrogens is 2. The van der Waals surface area contributed by atoms with Crippen LogP contribution in [0.1, 0.15) is 12.5 Å². The van der Waals surface area contributed by atoms with E-state index in [0.717, 1.165) is 50.1 Å². The van der Waals surface area contributed by atoms with Crippen LogP contribution in [-0.4, -0.2) is 9.55 Å². The Labute approximate surface area is 307 Å². The third kappa shape index (κ3) is 5.40. The maximum atomic E-state index is 6.59. The molecule has 4 heteroatoms. The van der Waals surface area contributed by atoms with Crippen molar-refractivity contribution in [1.29, 1.82) is 0 Å². The largest absolute Gasteiger partial charge is 0.455 e. The number of anilines is 1. The van der Waals surface area contributed by atoms with Crippen molar-refractivity contribution >= 4 is 76.8 Å². The van der Waals surface area contributed by atoms with Gasteiger partial charge in [-0.2, -0.15) is 0 Å². The Morgan fingerprint density at radius 3 is 1.98 bits per heavy atom. The maximum Gasteiger partial charge on any atom is 0.145 e. The molecule has 0 spiro atoms. The zero-order valence-corrected chi connectivity index (χ0v) is 29.5. The summed E-state index contributed by atoms with van der Waals surface area (Å²) in [5.74, 6) is 0. The first-order chi connectivity index (χ1) is 26.1. The van der Waals surface area contributed by atoms with Gasteiger partial charge in [0.1, 0.15) is 11.2 Å². The highest BCUT2D eigenvalue weighted by Gasteiger charge is 2.22. The summed E-state index contributed by atoms with van der Waals surface area (Å²) in [5, 5.41) is 7.24. The van der Waals surface area contributed by atoms with Gasteiger partial charge in [-0.3, -0.25) is 0 Å². The summed E-state index contributed by atoms with van der Waals surface area (Å²) in [6.45, 7) is 10.5. The molecule has 0 unspecified atom stereocenters. The number of nitrogens with one attached hydrogen (secondary N) is 1. The van der Waals surface area contributed by atoms with Crippen LogP contribution in [0.3, 0.4) is 0 Å². The fourth-order valence-corrected chi connectivity index (χ4v) is 7.61. The zero-order valence-electron chi connectivity index (χ0n) is 29.5. The summed E-state index contributed by atoms with van der Waals surface area (Å²) < 4.78 is 8.93. The topological polar surface area (TPSA) is 37.1 Å². The Balaban J connectivity index is 0.000000239. The molecule has 10 rings (SSSR count). The standard InChI is InChI=1S/C37H28N2O.C12H9N/c1-4-6-14-26(5-2)38-23-12-11-13-25(3)36-34(38)21-20-30-31-24-27(19-22-35(31)40-37(30)36)39-32-17-9-7-15-28(32)29-16-8-10-18-33(29)39;1-3-7-11-9(5-1)10-6-2-4-8-12(10)13-11/h4-24H,2-3H2,1H3;1-8,13H/b6-4-,13-11-,23-12-,26-14+;. The fraction of sp³-hybridized carbons (Fsp3) is 0.0204. The smallest absolute Gasteiger partial charge is 0.145 e. The van der Waals surface area contributed by atoms with Crippen molar-refractivity contribution < 1.29 is 4.42 Å². The summed E-state index contributed by atoms with van der Waals surface area (Å²) in [5.41, 5.74) is 11.4. The van der Waals surface area contributed by atoms with Gasteiger partial charge in [-0.1, -0.05) is 110 Å². The SMILES string of the molecule is C=C/C(=C\C=C/C)N1/C=C\C=C/C(=C)c2c1ccc1c2oc2ccc(-n3c4ccccc4c4ccccc43)cc21.c1ccc2c(c1)[nH]c1ccccc12. The molecule has 1 aliphatic rings. The van der Waals surface area contributed by atoms with Gasteiger partial charge in [0.25, 0.3) is 0 Å². The first kappa shape index (κ1) is 31.9. The minimum Gasteiger partial charge on any atom is -0.455 e. The van der Waals surface area contributed by atoms with Crippen LogP contribution in [0.5, 0.6) is 0 Å². The van der Waals surface area contributed by atoms with Crippen LogP contribution >= 0.6 is 0 Å². The molecule has 3 aromatic heterocycles. The lowest BCUT2D eigenvalue weighted by Gasteiger charge is -2.25. The lowest BCUT2D eigenvalue weighted by Crippen LogP contribution is -2.16. The molecule has 0 saturated carbocycles. The molecular formula is C49H37N3O. The van der Waals surface area contributed by atoms with Crippen LogP contribution in [0.25, 0.3) is 76.8 Å². The summed E-state index contributed by atoms with van der Waals surface area (Å²) in [6.07, 6.45) is 16.1. The highest BCUT2D eigenvalue weighted by atomic mass is 16.3. The van der Waals surface area contributed by atoms with Crippen molar-refractivity contribution in [3.8, 4) is 5.69 Å². The van der Waals surface area contributed by atoms with Gasteiger partial charge in [0.2, 0.25) is 0 Å². The number of rotatable bonds is 4. The van der Waals surface area contributed by atoms with E-state index in [-0.39, 0.29) is 0 Å². The number of hydrogen-bond acceptors (Lipinski definition) is 2. The number of allylic oxidation sites excluding steroid dienone is 8. The third-order valence-corrected chi connectivity index (χ3v) is 10.0. The lowest BCUT2D eigenvalue weighted by molar-refractivity contribution is 0.667. The predicted molar refractivity (Wildman–Crippen MR) is 227 cm³/mol. The second-order valence-corrected chi connectivity index (χ2v) is 13.1. The Morgan fingerprint density at radius 2 is 1.32 bits per heavy atom. The molecular weight excluding hydrogens is 647 g/mol. The molecule has 0 bridgehead atoms. The summed E-state index contributed by atoms with van der Waals surface area (Å²) >= 11 is 0. The van der Waals surface area contributed by atoms with E-state index >= 15 is 0 Å². The Morgan fingerprint density at radius 1 is 0.679 bits per heavy atom. The molecule has 1 N–H and O–H groups in total. The van der Waals surface area contributed by atoms with E-state index in [0.29, 0.717) is 0 Å².